The van der Waals surface area contributed by atoms with Gasteiger partial charge in [0.1, 0.15) is 0 Å². The van der Waals surface area contributed by atoms with E-state index in [9.17, 15) is 13.9 Å². The normalized spacial score (nSPS) is 20.6. The summed E-state index contributed by atoms with van der Waals surface area (Å²) in [5, 5.41) is 9.77. The van der Waals surface area contributed by atoms with Gasteiger partial charge in [0.05, 0.1) is 17.7 Å². The highest BCUT2D eigenvalue weighted by molar-refractivity contribution is 9.10. The maximum absolute atomic E-state index is 12.5. The molecule has 0 saturated carbocycles. The average Bonchev–Trinajstić information content (AvgIpc) is 2.49. The fourth-order valence-corrected chi connectivity index (χ4v) is 3.54. The third-order valence-corrected chi connectivity index (χ3v) is 4.72. The molecule has 1 heterocycles. The van der Waals surface area contributed by atoms with Gasteiger partial charge < -0.3 is 14.6 Å². The lowest BCUT2D eigenvalue weighted by Gasteiger charge is -2.34. The summed E-state index contributed by atoms with van der Waals surface area (Å²) in [5.41, 5.74) is 0.946. The zero-order valence-electron chi connectivity index (χ0n) is 13.3. The minimum Gasteiger partial charge on any atom is -0.493 e. The van der Waals surface area contributed by atoms with Crippen LogP contribution in [0.2, 0.25) is 0 Å². The number of halogens is 3. The molecule has 0 unspecified atom stereocenters. The van der Waals surface area contributed by atoms with Gasteiger partial charge in [-0.1, -0.05) is 0 Å². The van der Waals surface area contributed by atoms with Gasteiger partial charge in [-0.3, -0.25) is 4.90 Å². The Balaban J connectivity index is 2.12. The molecule has 1 aromatic carbocycles. The third kappa shape index (κ3) is 5.02. The number of likely N-dealkylation sites (tertiary alicyclic amines) is 1. The number of alkyl halides is 2. The number of hydrogen-bond acceptors (Lipinski definition) is 4. The molecule has 1 N–H and O–H groups in total. The zero-order valence-corrected chi connectivity index (χ0v) is 14.9. The van der Waals surface area contributed by atoms with E-state index in [1.165, 1.54) is 7.11 Å². The van der Waals surface area contributed by atoms with E-state index in [2.05, 4.69) is 25.6 Å². The Morgan fingerprint density at radius 2 is 2.17 bits per heavy atom. The van der Waals surface area contributed by atoms with E-state index in [-0.39, 0.29) is 23.5 Å². The van der Waals surface area contributed by atoms with E-state index in [0.717, 1.165) is 31.5 Å². The van der Waals surface area contributed by atoms with E-state index in [1.807, 2.05) is 6.92 Å². The fraction of sp³-hybridized carbons (Fsp3) is 0.625. The van der Waals surface area contributed by atoms with Crippen LogP contribution in [-0.4, -0.2) is 42.9 Å². The van der Waals surface area contributed by atoms with Crippen LogP contribution in [0.5, 0.6) is 11.5 Å². The first-order valence-corrected chi connectivity index (χ1v) is 8.41. The van der Waals surface area contributed by atoms with Crippen LogP contribution in [0, 0.1) is 5.92 Å². The van der Waals surface area contributed by atoms with Gasteiger partial charge >= 0.3 is 6.61 Å². The van der Waals surface area contributed by atoms with Crippen molar-refractivity contribution in [3.63, 3.8) is 0 Å². The number of nitrogens with zero attached hydrogens (tertiary/aromatic N) is 1. The van der Waals surface area contributed by atoms with Gasteiger partial charge in [-0.2, -0.15) is 8.78 Å². The van der Waals surface area contributed by atoms with Gasteiger partial charge in [0.15, 0.2) is 11.5 Å². The molecular weight excluding hydrogens is 372 g/mol. The van der Waals surface area contributed by atoms with Gasteiger partial charge in [-0.15, -0.1) is 0 Å². The van der Waals surface area contributed by atoms with Gasteiger partial charge in [0, 0.05) is 13.1 Å². The molecular formula is C16H22BrF2NO3. The maximum atomic E-state index is 12.5. The van der Waals surface area contributed by atoms with Gasteiger partial charge in [-0.25, -0.2) is 0 Å². The second-order valence-electron chi connectivity index (χ2n) is 5.87. The van der Waals surface area contributed by atoms with E-state index in [1.54, 1.807) is 12.1 Å². The Labute approximate surface area is 143 Å². The summed E-state index contributed by atoms with van der Waals surface area (Å²) in [4.78, 5) is 2.26. The Hall–Kier alpha value is -0.920. The number of rotatable bonds is 6. The molecule has 0 aromatic heterocycles. The Morgan fingerprint density at radius 3 is 2.78 bits per heavy atom. The molecule has 0 aliphatic carbocycles. The molecule has 1 saturated heterocycles. The average molecular weight is 394 g/mol. The Morgan fingerprint density at radius 1 is 1.43 bits per heavy atom. The first-order valence-electron chi connectivity index (χ1n) is 7.62. The molecule has 0 bridgehead atoms. The minimum atomic E-state index is -2.90. The van der Waals surface area contributed by atoms with Crippen LogP contribution in [0.4, 0.5) is 8.78 Å². The predicted molar refractivity (Wildman–Crippen MR) is 87.0 cm³/mol. The van der Waals surface area contributed by atoms with Gasteiger partial charge in [0.25, 0.3) is 0 Å². The largest absolute Gasteiger partial charge is 0.493 e. The summed E-state index contributed by atoms with van der Waals surface area (Å²) in [6, 6.07) is 3.49. The summed E-state index contributed by atoms with van der Waals surface area (Å²) in [6.45, 7) is 1.38. The molecule has 4 nitrogen and oxygen atoms in total. The molecule has 2 atom stereocenters. The molecule has 1 fully saturated rings. The zero-order chi connectivity index (χ0) is 17.0. The van der Waals surface area contributed by atoms with Crippen molar-refractivity contribution in [2.75, 3.05) is 20.2 Å². The highest BCUT2D eigenvalue weighted by Gasteiger charge is 2.24. The lowest BCUT2D eigenvalue weighted by atomic mass is 9.93. The molecule has 7 heteroatoms. The molecule has 0 amide bonds. The molecule has 23 heavy (non-hydrogen) atoms. The van der Waals surface area contributed by atoms with Crippen LogP contribution in [0.3, 0.4) is 0 Å². The first-order chi connectivity index (χ1) is 10.9. The summed E-state index contributed by atoms with van der Waals surface area (Å²) in [7, 11) is 1.42. The van der Waals surface area contributed by atoms with Crippen LogP contribution >= 0.6 is 15.9 Å². The molecule has 1 aromatic rings. The van der Waals surface area contributed by atoms with Crippen LogP contribution in [0.1, 0.15) is 25.3 Å². The summed E-state index contributed by atoms with van der Waals surface area (Å²) in [5.74, 6) is 0.557. The summed E-state index contributed by atoms with van der Waals surface area (Å²) < 4.78 is 35.1. The summed E-state index contributed by atoms with van der Waals surface area (Å²) >= 11 is 3.27. The van der Waals surface area contributed by atoms with Crippen molar-refractivity contribution in [2.24, 2.45) is 5.92 Å². The molecule has 1 aliphatic rings. The predicted octanol–water partition coefficient (Wildman–Crippen LogP) is 3.65. The second-order valence-corrected chi connectivity index (χ2v) is 6.72. The van der Waals surface area contributed by atoms with Crippen LogP contribution in [0.15, 0.2) is 16.6 Å². The fourth-order valence-electron chi connectivity index (χ4n) is 2.95. The van der Waals surface area contributed by atoms with Crippen LogP contribution < -0.4 is 9.47 Å². The van der Waals surface area contributed by atoms with Crippen molar-refractivity contribution in [1.82, 2.24) is 4.90 Å². The van der Waals surface area contributed by atoms with Gasteiger partial charge in [0.2, 0.25) is 0 Å². The van der Waals surface area contributed by atoms with Crippen molar-refractivity contribution in [3.05, 3.63) is 22.2 Å². The molecule has 130 valence electrons. The van der Waals surface area contributed by atoms with E-state index in [4.69, 9.17) is 4.74 Å². The minimum absolute atomic E-state index is 0.00625. The smallest absolute Gasteiger partial charge is 0.387 e. The van der Waals surface area contributed by atoms with Crippen LogP contribution in [-0.2, 0) is 6.54 Å². The van der Waals surface area contributed by atoms with Crippen molar-refractivity contribution in [3.8, 4) is 11.5 Å². The highest BCUT2D eigenvalue weighted by Crippen LogP contribution is 2.38. The first kappa shape index (κ1) is 18.4. The lowest BCUT2D eigenvalue weighted by Crippen LogP contribution is -2.39. The standard InChI is InChI=1S/C16H22BrF2NO3/c1-10(21)12-4-3-5-20(9-12)8-11-6-13(17)15(23-16(18)19)14(7-11)22-2/h6-7,10,12,16,21H,3-5,8-9H2,1-2H3/t10-,12+/m0/s1. The van der Waals surface area contributed by atoms with E-state index in [0.29, 0.717) is 11.0 Å². The molecule has 0 spiro atoms. The van der Waals surface area contributed by atoms with Crippen molar-refractivity contribution in [2.45, 2.75) is 39.0 Å². The quantitative estimate of drug-likeness (QED) is 0.800. The van der Waals surface area contributed by atoms with E-state index < -0.39 is 6.61 Å². The van der Waals surface area contributed by atoms with Crippen molar-refractivity contribution >= 4 is 15.9 Å². The number of hydrogen-bond donors (Lipinski definition) is 1. The second kappa shape index (κ2) is 8.26. The molecule has 0 radical (unpaired) electrons. The van der Waals surface area contributed by atoms with Crippen molar-refractivity contribution in [1.29, 1.82) is 0 Å². The number of aliphatic hydroxyl groups excluding tert-OH is 1. The Bertz CT molecular complexity index is 528. The van der Waals surface area contributed by atoms with E-state index >= 15 is 0 Å². The third-order valence-electron chi connectivity index (χ3n) is 4.13. The number of aliphatic hydroxyl groups is 1. The summed E-state index contributed by atoms with van der Waals surface area (Å²) in [6.07, 6.45) is 1.75. The lowest BCUT2D eigenvalue weighted by molar-refractivity contribution is -0.0517. The SMILES string of the molecule is COc1cc(CN2CCC[C@@H]([C@H](C)O)C2)cc(Br)c1OC(F)F. The monoisotopic (exact) mass is 393 g/mol. The van der Waals surface area contributed by atoms with Gasteiger partial charge in [-0.05, 0) is 65.9 Å². The number of benzene rings is 1. The maximum Gasteiger partial charge on any atom is 0.387 e. The molecule has 2 rings (SSSR count). The highest BCUT2D eigenvalue weighted by atomic mass is 79.9. The topological polar surface area (TPSA) is 41.9 Å². The molecule has 1 aliphatic heterocycles. The number of methoxy groups -OCH3 is 1. The van der Waals surface area contributed by atoms with Crippen LogP contribution in [0.25, 0.3) is 0 Å². The Kier molecular flexibility index (Phi) is 6.61. The number of ether oxygens (including phenoxy) is 2. The number of piperidine rings is 1. The van der Waals surface area contributed by atoms with Crippen molar-refractivity contribution < 1.29 is 23.4 Å².